The number of rotatable bonds is 7. The second-order valence-corrected chi connectivity index (χ2v) is 10.1. The van der Waals surface area contributed by atoms with Crippen LogP contribution < -0.4 is 14.8 Å². The Morgan fingerprint density at radius 1 is 1.03 bits per heavy atom. The van der Waals surface area contributed by atoms with Gasteiger partial charge in [0.1, 0.15) is 12.4 Å². The van der Waals surface area contributed by atoms with Crippen LogP contribution >= 0.6 is 0 Å². The average Bonchev–Trinajstić information content (AvgIpc) is 2.71. The fourth-order valence-electron chi connectivity index (χ4n) is 2.98. The summed E-state index contributed by atoms with van der Waals surface area (Å²) < 4.78 is 33.7. The number of nitrogens with zero attached hydrogens (tertiary/aromatic N) is 1. The standard InChI is InChI=1S/C24H27N3O4S/c1-17-11-12-21(32(29,30)27-24(2,3)4)15-22(17)23(28)26-18-9-7-10-20(14-18)31-16-19-8-5-6-13-25-19/h5-15,27H,16H2,1-4H3,(H,26,28). The summed E-state index contributed by atoms with van der Waals surface area (Å²) in [4.78, 5) is 17.2. The van der Waals surface area contributed by atoms with Gasteiger partial charge in [0.05, 0.1) is 10.6 Å². The monoisotopic (exact) mass is 453 g/mol. The lowest BCUT2D eigenvalue weighted by molar-refractivity contribution is 0.102. The van der Waals surface area contributed by atoms with Crippen LogP contribution in [0.15, 0.2) is 71.8 Å². The van der Waals surface area contributed by atoms with Crippen LogP contribution in [-0.2, 0) is 16.6 Å². The van der Waals surface area contributed by atoms with E-state index in [0.29, 0.717) is 23.6 Å². The van der Waals surface area contributed by atoms with E-state index < -0.39 is 21.5 Å². The van der Waals surface area contributed by atoms with Gasteiger partial charge in [-0.2, -0.15) is 0 Å². The van der Waals surface area contributed by atoms with Gasteiger partial charge in [-0.05, 0) is 69.7 Å². The van der Waals surface area contributed by atoms with Crippen LogP contribution in [-0.4, -0.2) is 24.8 Å². The number of amides is 1. The Hall–Kier alpha value is -3.23. The Balaban J connectivity index is 1.76. The van der Waals surface area contributed by atoms with Crippen LogP contribution in [0.3, 0.4) is 0 Å². The number of pyridine rings is 1. The SMILES string of the molecule is Cc1ccc(S(=O)(=O)NC(C)(C)C)cc1C(=O)Nc1cccc(OCc2ccccn2)c1. The van der Waals surface area contributed by atoms with Gasteiger partial charge in [-0.15, -0.1) is 0 Å². The summed E-state index contributed by atoms with van der Waals surface area (Å²) in [7, 11) is -3.76. The third-order valence-electron chi connectivity index (χ3n) is 4.41. The maximum atomic E-state index is 12.9. The minimum Gasteiger partial charge on any atom is -0.487 e. The van der Waals surface area contributed by atoms with Crippen LogP contribution in [0.2, 0.25) is 0 Å². The van der Waals surface area contributed by atoms with E-state index in [0.717, 1.165) is 5.69 Å². The van der Waals surface area contributed by atoms with Gasteiger partial charge in [-0.25, -0.2) is 13.1 Å². The molecule has 0 aliphatic rings. The first kappa shape index (κ1) is 23.4. The van der Waals surface area contributed by atoms with Crippen molar-refractivity contribution in [2.75, 3.05) is 5.32 Å². The Morgan fingerprint density at radius 2 is 1.81 bits per heavy atom. The molecule has 1 heterocycles. The highest BCUT2D eigenvalue weighted by Gasteiger charge is 2.23. The van der Waals surface area contributed by atoms with Gasteiger partial charge < -0.3 is 10.1 Å². The molecule has 0 saturated carbocycles. The lowest BCUT2D eigenvalue weighted by Gasteiger charge is -2.20. The number of nitrogens with one attached hydrogen (secondary N) is 2. The Bertz CT molecular complexity index is 1200. The topological polar surface area (TPSA) is 97.4 Å². The second-order valence-electron chi connectivity index (χ2n) is 8.42. The summed E-state index contributed by atoms with van der Waals surface area (Å²) >= 11 is 0. The van der Waals surface area contributed by atoms with Crippen molar-refractivity contribution in [3.8, 4) is 5.75 Å². The minimum atomic E-state index is -3.76. The van der Waals surface area contributed by atoms with Crippen LogP contribution in [0.5, 0.6) is 5.75 Å². The molecule has 0 atom stereocenters. The van der Waals surface area contributed by atoms with Crippen molar-refractivity contribution in [3.05, 3.63) is 83.7 Å². The summed E-state index contributed by atoms with van der Waals surface area (Å²) in [6.07, 6.45) is 1.70. The summed E-state index contributed by atoms with van der Waals surface area (Å²) in [5, 5.41) is 2.81. The van der Waals surface area contributed by atoms with Crippen molar-refractivity contribution < 1.29 is 17.9 Å². The number of aromatic nitrogens is 1. The highest BCUT2D eigenvalue weighted by atomic mass is 32.2. The van der Waals surface area contributed by atoms with Crippen LogP contribution in [0, 0.1) is 6.92 Å². The largest absolute Gasteiger partial charge is 0.487 e. The maximum Gasteiger partial charge on any atom is 0.255 e. The molecule has 2 aromatic carbocycles. The first-order chi connectivity index (χ1) is 15.0. The highest BCUT2D eigenvalue weighted by Crippen LogP contribution is 2.22. The third kappa shape index (κ3) is 6.38. The number of anilines is 1. The zero-order valence-electron chi connectivity index (χ0n) is 18.5. The van der Waals surface area contributed by atoms with E-state index in [4.69, 9.17) is 4.74 Å². The molecule has 2 N–H and O–H groups in total. The Kier molecular flexibility index (Phi) is 6.96. The zero-order valence-corrected chi connectivity index (χ0v) is 19.4. The highest BCUT2D eigenvalue weighted by molar-refractivity contribution is 7.89. The number of benzene rings is 2. The summed E-state index contributed by atoms with van der Waals surface area (Å²) in [6, 6.07) is 17.1. The van der Waals surface area contributed by atoms with Crippen molar-refractivity contribution in [1.29, 1.82) is 0 Å². The molecule has 0 aliphatic carbocycles. The molecule has 8 heteroatoms. The van der Waals surface area contributed by atoms with Gasteiger partial charge in [-0.1, -0.05) is 18.2 Å². The second kappa shape index (κ2) is 9.50. The van der Waals surface area contributed by atoms with E-state index in [-0.39, 0.29) is 10.5 Å². The predicted octanol–water partition coefficient (Wildman–Crippen LogP) is 4.30. The molecule has 3 rings (SSSR count). The van der Waals surface area contributed by atoms with Crippen molar-refractivity contribution in [2.45, 2.75) is 44.7 Å². The van der Waals surface area contributed by atoms with Crippen LogP contribution in [0.4, 0.5) is 5.69 Å². The molecule has 7 nitrogen and oxygen atoms in total. The van der Waals surface area contributed by atoms with Crippen molar-refractivity contribution in [2.24, 2.45) is 0 Å². The number of ether oxygens (including phenoxy) is 1. The van der Waals surface area contributed by atoms with E-state index in [9.17, 15) is 13.2 Å². The van der Waals surface area contributed by atoms with Crippen molar-refractivity contribution in [3.63, 3.8) is 0 Å². The predicted molar refractivity (Wildman–Crippen MR) is 124 cm³/mol. The molecule has 3 aromatic rings. The number of hydrogen-bond donors (Lipinski definition) is 2. The first-order valence-electron chi connectivity index (χ1n) is 10.1. The minimum absolute atomic E-state index is 0.0376. The number of carbonyl (C=O) groups is 1. The number of sulfonamides is 1. The summed E-state index contributed by atoms with van der Waals surface area (Å²) in [6.45, 7) is 7.34. The molecule has 0 unspecified atom stereocenters. The molecule has 0 aliphatic heterocycles. The van der Waals surface area contributed by atoms with E-state index in [2.05, 4.69) is 15.0 Å². The molecule has 1 aromatic heterocycles. The maximum absolute atomic E-state index is 12.9. The average molecular weight is 454 g/mol. The molecule has 1 amide bonds. The van der Waals surface area contributed by atoms with Crippen LogP contribution in [0.1, 0.15) is 42.4 Å². The third-order valence-corrected chi connectivity index (χ3v) is 6.16. The first-order valence-corrected chi connectivity index (χ1v) is 11.6. The molecule has 0 fully saturated rings. The molecule has 0 radical (unpaired) electrons. The molecule has 0 saturated heterocycles. The fraction of sp³-hybridized carbons (Fsp3) is 0.250. The fourth-order valence-corrected chi connectivity index (χ4v) is 4.42. The smallest absolute Gasteiger partial charge is 0.255 e. The van der Waals surface area contributed by atoms with Crippen molar-refractivity contribution in [1.82, 2.24) is 9.71 Å². The van der Waals surface area contributed by atoms with Gasteiger partial charge in [0.25, 0.3) is 5.91 Å². The molecule has 32 heavy (non-hydrogen) atoms. The molecule has 168 valence electrons. The van der Waals surface area contributed by atoms with Gasteiger partial charge in [0.15, 0.2) is 0 Å². The van der Waals surface area contributed by atoms with Gasteiger partial charge >= 0.3 is 0 Å². The van der Waals surface area contributed by atoms with E-state index >= 15 is 0 Å². The number of carbonyl (C=O) groups excluding carboxylic acids is 1. The molecular formula is C24H27N3O4S. The molecule has 0 spiro atoms. The zero-order chi connectivity index (χ0) is 23.4. The lowest BCUT2D eigenvalue weighted by Crippen LogP contribution is -2.40. The Morgan fingerprint density at radius 3 is 2.50 bits per heavy atom. The number of hydrogen-bond acceptors (Lipinski definition) is 5. The Labute approximate surface area is 188 Å². The molecule has 0 bridgehead atoms. The molecular weight excluding hydrogens is 426 g/mol. The van der Waals surface area contributed by atoms with Gasteiger partial charge in [-0.3, -0.25) is 9.78 Å². The van der Waals surface area contributed by atoms with Gasteiger partial charge in [0, 0.05) is 29.1 Å². The van der Waals surface area contributed by atoms with Crippen molar-refractivity contribution >= 4 is 21.6 Å². The normalized spacial score (nSPS) is 11.8. The lowest BCUT2D eigenvalue weighted by atomic mass is 10.1. The van der Waals surface area contributed by atoms with E-state index in [1.54, 1.807) is 64.2 Å². The van der Waals surface area contributed by atoms with Crippen LogP contribution in [0.25, 0.3) is 0 Å². The quantitative estimate of drug-likeness (QED) is 0.556. The summed E-state index contributed by atoms with van der Waals surface area (Å²) in [5.74, 6) is 0.174. The van der Waals surface area contributed by atoms with E-state index in [1.165, 1.54) is 12.1 Å². The summed E-state index contributed by atoms with van der Waals surface area (Å²) in [5.41, 5.74) is 1.64. The van der Waals surface area contributed by atoms with E-state index in [1.807, 2.05) is 18.2 Å². The number of aryl methyl sites for hydroxylation is 1. The van der Waals surface area contributed by atoms with Gasteiger partial charge in [0.2, 0.25) is 10.0 Å².